The lowest BCUT2D eigenvalue weighted by molar-refractivity contribution is 0.0689. The van der Waals surface area contributed by atoms with Crippen LogP contribution >= 0.6 is 0 Å². The van der Waals surface area contributed by atoms with Gasteiger partial charge in [-0.3, -0.25) is 4.68 Å². The Kier molecular flexibility index (Phi) is 2.50. The van der Waals surface area contributed by atoms with Crippen LogP contribution < -0.4 is 4.74 Å². The van der Waals surface area contributed by atoms with Gasteiger partial charge in [0.1, 0.15) is 6.33 Å². The van der Waals surface area contributed by atoms with Crippen LogP contribution in [0.1, 0.15) is 10.5 Å². The molecule has 0 atom stereocenters. The minimum absolute atomic E-state index is 0.0894. The number of pyridine rings is 1. The zero-order valence-electron chi connectivity index (χ0n) is 8.36. The molecule has 0 unspecified atom stereocenters. The molecule has 0 bridgehead atoms. The van der Waals surface area contributed by atoms with Gasteiger partial charge in [-0.2, -0.15) is 4.98 Å². The van der Waals surface area contributed by atoms with Gasteiger partial charge < -0.3 is 9.84 Å². The molecular weight excluding hydrogens is 212 g/mol. The summed E-state index contributed by atoms with van der Waals surface area (Å²) >= 11 is 0. The van der Waals surface area contributed by atoms with Crippen LogP contribution in [0.15, 0.2) is 24.5 Å². The predicted octanol–water partition coefficient (Wildman–Crippen LogP) is 0.701. The molecule has 2 aromatic rings. The largest absolute Gasteiger partial charge is 0.477 e. The van der Waals surface area contributed by atoms with Gasteiger partial charge in [0.2, 0.25) is 5.88 Å². The molecule has 0 fully saturated rings. The number of rotatable bonds is 3. The monoisotopic (exact) mass is 220 g/mol. The Hall–Kier alpha value is -2.44. The number of carbonyl (C=O) groups is 1. The molecule has 7 heteroatoms. The van der Waals surface area contributed by atoms with E-state index in [0.717, 1.165) is 0 Å². The van der Waals surface area contributed by atoms with Crippen molar-refractivity contribution in [3.63, 3.8) is 0 Å². The Morgan fingerprint density at radius 1 is 1.50 bits per heavy atom. The second-order valence-corrected chi connectivity index (χ2v) is 2.97. The van der Waals surface area contributed by atoms with Gasteiger partial charge in [-0.25, -0.2) is 9.78 Å². The summed E-state index contributed by atoms with van der Waals surface area (Å²) in [6.07, 6.45) is 1.47. The molecule has 0 aliphatic heterocycles. The van der Waals surface area contributed by atoms with E-state index in [2.05, 4.69) is 15.1 Å². The summed E-state index contributed by atoms with van der Waals surface area (Å²) < 4.78 is 6.64. The van der Waals surface area contributed by atoms with E-state index in [1.807, 2.05) is 0 Å². The van der Waals surface area contributed by atoms with Gasteiger partial charge in [-0.1, -0.05) is 6.07 Å². The SMILES string of the molecule is Cn1cnc(Oc2cccc(C(=O)O)n2)n1. The van der Waals surface area contributed by atoms with Crippen molar-refractivity contribution in [1.29, 1.82) is 0 Å². The van der Waals surface area contributed by atoms with Crippen LogP contribution in [-0.2, 0) is 7.05 Å². The molecule has 82 valence electrons. The first-order valence-electron chi connectivity index (χ1n) is 4.39. The lowest BCUT2D eigenvalue weighted by Crippen LogP contribution is -2.01. The highest BCUT2D eigenvalue weighted by Crippen LogP contribution is 2.14. The summed E-state index contributed by atoms with van der Waals surface area (Å²) in [5, 5.41) is 12.6. The Morgan fingerprint density at radius 2 is 2.31 bits per heavy atom. The molecule has 2 heterocycles. The first-order valence-corrected chi connectivity index (χ1v) is 4.39. The molecule has 0 amide bonds. The smallest absolute Gasteiger partial charge is 0.354 e. The first-order chi connectivity index (χ1) is 7.65. The average Bonchev–Trinajstić information content (AvgIpc) is 2.64. The molecule has 0 aliphatic carbocycles. The van der Waals surface area contributed by atoms with E-state index >= 15 is 0 Å². The molecule has 16 heavy (non-hydrogen) atoms. The molecule has 0 saturated carbocycles. The van der Waals surface area contributed by atoms with Crippen LogP contribution in [0.2, 0.25) is 0 Å². The molecule has 2 aromatic heterocycles. The van der Waals surface area contributed by atoms with Gasteiger partial charge in [0.05, 0.1) is 0 Å². The van der Waals surface area contributed by atoms with Crippen LogP contribution in [0.5, 0.6) is 11.9 Å². The molecule has 0 radical (unpaired) electrons. The van der Waals surface area contributed by atoms with Crippen molar-refractivity contribution in [2.45, 2.75) is 0 Å². The molecular formula is C9H8N4O3. The van der Waals surface area contributed by atoms with Gasteiger partial charge in [0.25, 0.3) is 0 Å². The third kappa shape index (κ3) is 2.14. The maximum atomic E-state index is 10.7. The molecule has 0 saturated heterocycles. The summed E-state index contributed by atoms with van der Waals surface area (Å²) in [5.74, 6) is -0.967. The van der Waals surface area contributed by atoms with Crippen LogP contribution in [0, 0.1) is 0 Å². The number of nitrogens with zero attached hydrogens (tertiary/aromatic N) is 4. The van der Waals surface area contributed by atoms with Gasteiger partial charge in [0, 0.05) is 13.1 Å². The van der Waals surface area contributed by atoms with Crippen molar-refractivity contribution in [3.8, 4) is 11.9 Å². The second kappa shape index (κ2) is 3.97. The number of aromatic nitrogens is 4. The molecule has 1 N–H and O–H groups in total. The van der Waals surface area contributed by atoms with Crippen molar-refractivity contribution < 1.29 is 14.6 Å². The number of hydrogen-bond donors (Lipinski definition) is 1. The topological polar surface area (TPSA) is 90.1 Å². The molecule has 0 aliphatic rings. The summed E-state index contributed by atoms with van der Waals surface area (Å²) in [4.78, 5) is 18.2. The fraction of sp³-hybridized carbons (Fsp3) is 0.111. The van der Waals surface area contributed by atoms with E-state index in [0.29, 0.717) is 0 Å². The maximum Gasteiger partial charge on any atom is 0.354 e. The van der Waals surface area contributed by atoms with Crippen LogP contribution in [0.3, 0.4) is 0 Å². The summed E-state index contributed by atoms with van der Waals surface area (Å²) in [7, 11) is 1.70. The molecule has 2 rings (SSSR count). The zero-order valence-corrected chi connectivity index (χ0v) is 8.36. The Bertz CT molecular complexity index is 523. The van der Waals surface area contributed by atoms with E-state index < -0.39 is 5.97 Å². The van der Waals surface area contributed by atoms with Crippen LogP contribution in [-0.4, -0.2) is 30.8 Å². The third-order valence-corrected chi connectivity index (χ3v) is 1.72. The molecule has 0 aromatic carbocycles. The summed E-state index contributed by atoms with van der Waals surface area (Å²) in [5.41, 5.74) is -0.0894. The highest BCUT2D eigenvalue weighted by molar-refractivity contribution is 5.85. The van der Waals surface area contributed by atoms with Crippen molar-refractivity contribution >= 4 is 5.97 Å². The zero-order chi connectivity index (χ0) is 11.5. The van der Waals surface area contributed by atoms with Gasteiger partial charge in [-0.05, 0) is 6.07 Å². The fourth-order valence-corrected chi connectivity index (χ4v) is 1.05. The summed E-state index contributed by atoms with van der Waals surface area (Å²) in [6, 6.07) is 4.57. The minimum atomic E-state index is -1.11. The number of carboxylic acid groups (broad SMARTS) is 1. The van der Waals surface area contributed by atoms with Crippen LogP contribution in [0.4, 0.5) is 0 Å². The van der Waals surface area contributed by atoms with Gasteiger partial charge >= 0.3 is 12.0 Å². The standard InChI is InChI=1S/C9H8N4O3/c1-13-5-10-9(12-13)16-7-4-2-3-6(11-7)8(14)15/h2-5H,1H3,(H,14,15). The van der Waals surface area contributed by atoms with E-state index in [1.54, 1.807) is 7.05 Å². The van der Waals surface area contributed by atoms with E-state index in [4.69, 9.17) is 9.84 Å². The fourth-order valence-electron chi connectivity index (χ4n) is 1.05. The first kappa shape index (κ1) is 10.1. The van der Waals surface area contributed by atoms with Crippen molar-refractivity contribution in [2.24, 2.45) is 7.05 Å². The Balaban J connectivity index is 2.21. The van der Waals surface area contributed by atoms with E-state index in [-0.39, 0.29) is 17.6 Å². The van der Waals surface area contributed by atoms with Crippen molar-refractivity contribution in [2.75, 3.05) is 0 Å². The average molecular weight is 220 g/mol. The second-order valence-electron chi connectivity index (χ2n) is 2.97. The lowest BCUT2D eigenvalue weighted by atomic mass is 10.3. The van der Waals surface area contributed by atoms with Crippen molar-refractivity contribution in [3.05, 3.63) is 30.2 Å². The maximum absolute atomic E-state index is 10.7. The van der Waals surface area contributed by atoms with Gasteiger partial charge in [-0.15, -0.1) is 5.10 Å². The number of carboxylic acids is 1. The van der Waals surface area contributed by atoms with Crippen LogP contribution in [0.25, 0.3) is 0 Å². The van der Waals surface area contributed by atoms with E-state index in [9.17, 15) is 4.79 Å². The number of aryl methyl sites for hydroxylation is 1. The summed E-state index contributed by atoms with van der Waals surface area (Å²) in [6.45, 7) is 0. The van der Waals surface area contributed by atoms with Gasteiger partial charge in [0.15, 0.2) is 5.69 Å². The number of aromatic carboxylic acids is 1. The third-order valence-electron chi connectivity index (χ3n) is 1.72. The van der Waals surface area contributed by atoms with Crippen molar-refractivity contribution in [1.82, 2.24) is 19.7 Å². The Labute approximate surface area is 90.3 Å². The quantitative estimate of drug-likeness (QED) is 0.818. The highest BCUT2D eigenvalue weighted by Gasteiger charge is 2.07. The highest BCUT2D eigenvalue weighted by atomic mass is 16.5. The van der Waals surface area contributed by atoms with E-state index in [1.165, 1.54) is 29.2 Å². The lowest BCUT2D eigenvalue weighted by Gasteiger charge is -2.00. The molecule has 0 spiro atoms. The minimum Gasteiger partial charge on any atom is -0.477 e. The number of ether oxygens (including phenoxy) is 1. The number of hydrogen-bond acceptors (Lipinski definition) is 5. The molecule has 7 nitrogen and oxygen atoms in total. The normalized spacial score (nSPS) is 10.1. The Morgan fingerprint density at radius 3 is 2.94 bits per heavy atom. The predicted molar refractivity (Wildman–Crippen MR) is 52.3 cm³/mol.